The number of benzene rings is 1. The van der Waals surface area contributed by atoms with Crippen LogP contribution in [0.15, 0.2) is 36.0 Å². The third-order valence-corrected chi connectivity index (χ3v) is 4.18. The second-order valence-electron chi connectivity index (χ2n) is 4.55. The van der Waals surface area contributed by atoms with E-state index in [0.717, 1.165) is 16.2 Å². The van der Waals surface area contributed by atoms with Crippen molar-refractivity contribution in [1.29, 1.82) is 0 Å². The third kappa shape index (κ3) is 4.25. The van der Waals surface area contributed by atoms with Crippen molar-refractivity contribution in [3.63, 3.8) is 0 Å². The van der Waals surface area contributed by atoms with Crippen LogP contribution in [-0.4, -0.2) is 41.5 Å². The van der Waals surface area contributed by atoms with Gasteiger partial charge in [-0.15, -0.1) is 6.58 Å². The number of nitrogens with one attached hydrogen (secondary N) is 1. The van der Waals surface area contributed by atoms with Gasteiger partial charge in [0.25, 0.3) is 0 Å². The van der Waals surface area contributed by atoms with Gasteiger partial charge in [-0.2, -0.15) is 0 Å². The van der Waals surface area contributed by atoms with Gasteiger partial charge in [-0.3, -0.25) is 4.79 Å². The van der Waals surface area contributed by atoms with Gasteiger partial charge in [0.1, 0.15) is 0 Å². The largest absolute Gasteiger partial charge is 0.383 e. The van der Waals surface area contributed by atoms with Crippen LogP contribution in [0.1, 0.15) is 0 Å². The molecular weight excluding hydrogens is 322 g/mol. The van der Waals surface area contributed by atoms with Crippen LogP contribution in [0.5, 0.6) is 0 Å². The standard InChI is InChI=1S/C15H18ClN3O2S/c1-3-6-17-14(20)10-22-15-18-12-9-11(16)4-5-13(12)19(15)7-8-21-2/h3-5,9H,1,6-8,10H2,2H3,(H,17,20). The SMILES string of the molecule is C=CCNC(=O)CSc1nc2cc(Cl)ccc2n1CCOC. The van der Waals surface area contributed by atoms with Crippen molar-refractivity contribution in [2.24, 2.45) is 0 Å². The minimum Gasteiger partial charge on any atom is -0.383 e. The molecule has 0 fully saturated rings. The minimum absolute atomic E-state index is 0.0479. The average Bonchev–Trinajstić information content (AvgIpc) is 2.85. The van der Waals surface area contributed by atoms with Crippen molar-refractivity contribution in [2.75, 3.05) is 26.0 Å². The van der Waals surface area contributed by atoms with Gasteiger partial charge >= 0.3 is 0 Å². The zero-order chi connectivity index (χ0) is 15.9. The van der Waals surface area contributed by atoms with Gasteiger partial charge < -0.3 is 14.6 Å². The van der Waals surface area contributed by atoms with Gasteiger partial charge in [0.05, 0.1) is 23.4 Å². The van der Waals surface area contributed by atoms with Crippen LogP contribution < -0.4 is 5.32 Å². The van der Waals surface area contributed by atoms with Crippen LogP contribution in [0.25, 0.3) is 11.0 Å². The number of rotatable bonds is 8. The van der Waals surface area contributed by atoms with Crippen molar-refractivity contribution >= 4 is 40.3 Å². The predicted octanol–water partition coefficient (Wildman–Crippen LogP) is 2.73. The normalized spacial score (nSPS) is 10.8. The summed E-state index contributed by atoms with van der Waals surface area (Å²) in [7, 11) is 1.66. The summed E-state index contributed by atoms with van der Waals surface area (Å²) in [5, 5.41) is 4.17. The number of thioether (sulfide) groups is 1. The number of fused-ring (bicyclic) bond motifs is 1. The highest BCUT2D eigenvalue weighted by Gasteiger charge is 2.13. The quantitative estimate of drug-likeness (QED) is 0.593. The van der Waals surface area contributed by atoms with E-state index < -0.39 is 0 Å². The molecule has 22 heavy (non-hydrogen) atoms. The molecule has 0 saturated carbocycles. The third-order valence-electron chi connectivity index (χ3n) is 2.97. The number of carbonyl (C=O) groups excluding carboxylic acids is 1. The van der Waals surface area contributed by atoms with E-state index in [0.29, 0.717) is 30.5 Å². The number of nitrogens with zero attached hydrogens (tertiary/aromatic N) is 2. The van der Waals surface area contributed by atoms with Crippen LogP contribution >= 0.6 is 23.4 Å². The highest BCUT2D eigenvalue weighted by Crippen LogP contribution is 2.26. The summed E-state index contributed by atoms with van der Waals surface area (Å²) in [5.74, 6) is 0.256. The molecule has 7 heteroatoms. The number of hydrogen-bond donors (Lipinski definition) is 1. The fourth-order valence-electron chi connectivity index (χ4n) is 1.96. The van der Waals surface area contributed by atoms with Crippen LogP contribution in [0, 0.1) is 0 Å². The van der Waals surface area contributed by atoms with Crippen LogP contribution in [0.4, 0.5) is 0 Å². The Kier molecular flexibility index (Phi) is 6.30. The van der Waals surface area contributed by atoms with Gasteiger partial charge in [-0.05, 0) is 18.2 Å². The van der Waals surface area contributed by atoms with Gasteiger partial charge in [-0.1, -0.05) is 29.4 Å². The Balaban J connectivity index is 2.19. The van der Waals surface area contributed by atoms with E-state index in [4.69, 9.17) is 16.3 Å². The highest BCUT2D eigenvalue weighted by molar-refractivity contribution is 7.99. The van der Waals surface area contributed by atoms with E-state index in [-0.39, 0.29) is 5.91 Å². The summed E-state index contributed by atoms with van der Waals surface area (Å²) in [5.41, 5.74) is 1.80. The summed E-state index contributed by atoms with van der Waals surface area (Å²) in [6.07, 6.45) is 1.65. The molecule has 0 unspecified atom stereocenters. The molecule has 1 N–H and O–H groups in total. The van der Waals surface area contributed by atoms with Crippen molar-refractivity contribution in [3.8, 4) is 0 Å². The van der Waals surface area contributed by atoms with Crippen LogP contribution in [0.3, 0.4) is 0 Å². The zero-order valence-electron chi connectivity index (χ0n) is 12.3. The molecule has 1 aromatic heterocycles. The van der Waals surface area contributed by atoms with Crippen LogP contribution in [0.2, 0.25) is 5.02 Å². The molecule has 0 saturated heterocycles. The number of aromatic nitrogens is 2. The van der Waals surface area contributed by atoms with Gasteiger partial charge in [0, 0.05) is 25.2 Å². The topological polar surface area (TPSA) is 56.2 Å². The molecular formula is C15H18ClN3O2S. The molecule has 118 valence electrons. The number of amides is 1. The van der Waals surface area contributed by atoms with E-state index in [1.54, 1.807) is 13.2 Å². The number of hydrogen-bond acceptors (Lipinski definition) is 4. The number of imidazole rings is 1. The maximum absolute atomic E-state index is 11.7. The van der Waals surface area contributed by atoms with E-state index in [2.05, 4.69) is 16.9 Å². The maximum Gasteiger partial charge on any atom is 0.230 e. The summed E-state index contributed by atoms with van der Waals surface area (Å²) in [4.78, 5) is 16.3. The average molecular weight is 340 g/mol. The molecule has 5 nitrogen and oxygen atoms in total. The molecule has 1 heterocycles. The van der Waals surface area contributed by atoms with Crippen molar-refractivity contribution in [2.45, 2.75) is 11.7 Å². The Bertz CT molecular complexity index is 672. The monoisotopic (exact) mass is 339 g/mol. The summed E-state index contributed by atoms with van der Waals surface area (Å²) in [6.45, 7) is 5.28. The molecule has 0 bridgehead atoms. The zero-order valence-corrected chi connectivity index (χ0v) is 13.9. The van der Waals surface area contributed by atoms with Crippen molar-refractivity contribution in [1.82, 2.24) is 14.9 Å². The Labute approximate surface area is 138 Å². The fraction of sp³-hybridized carbons (Fsp3) is 0.333. The number of ether oxygens (including phenoxy) is 1. The molecule has 0 atom stereocenters. The highest BCUT2D eigenvalue weighted by atomic mass is 35.5. The molecule has 1 aromatic carbocycles. The van der Waals surface area contributed by atoms with E-state index >= 15 is 0 Å². The molecule has 0 spiro atoms. The van der Waals surface area contributed by atoms with E-state index in [1.165, 1.54) is 11.8 Å². The lowest BCUT2D eigenvalue weighted by molar-refractivity contribution is -0.118. The maximum atomic E-state index is 11.7. The molecule has 0 aliphatic rings. The molecule has 2 rings (SSSR count). The van der Waals surface area contributed by atoms with Gasteiger partial charge in [0.15, 0.2) is 5.16 Å². The molecule has 1 amide bonds. The predicted molar refractivity (Wildman–Crippen MR) is 90.5 cm³/mol. The summed E-state index contributed by atoms with van der Waals surface area (Å²) >= 11 is 7.41. The summed E-state index contributed by atoms with van der Waals surface area (Å²) in [6, 6.07) is 5.59. The van der Waals surface area contributed by atoms with E-state index in [9.17, 15) is 4.79 Å². The van der Waals surface area contributed by atoms with E-state index in [1.807, 2.05) is 22.8 Å². The Morgan fingerprint density at radius 2 is 2.41 bits per heavy atom. The lowest BCUT2D eigenvalue weighted by Crippen LogP contribution is -2.25. The van der Waals surface area contributed by atoms with Crippen molar-refractivity contribution in [3.05, 3.63) is 35.9 Å². The molecule has 0 aliphatic carbocycles. The Morgan fingerprint density at radius 1 is 1.59 bits per heavy atom. The minimum atomic E-state index is -0.0479. The number of carbonyl (C=O) groups is 1. The number of halogens is 1. The second kappa shape index (κ2) is 8.22. The van der Waals surface area contributed by atoms with Gasteiger partial charge in [0.2, 0.25) is 5.91 Å². The smallest absolute Gasteiger partial charge is 0.230 e. The first kappa shape index (κ1) is 16.9. The first-order chi connectivity index (χ1) is 10.7. The summed E-state index contributed by atoms with van der Waals surface area (Å²) < 4.78 is 7.19. The first-order valence-electron chi connectivity index (χ1n) is 6.81. The lowest BCUT2D eigenvalue weighted by Gasteiger charge is -2.08. The van der Waals surface area contributed by atoms with Crippen LogP contribution in [-0.2, 0) is 16.1 Å². The Hall–Kier alpha value is -1.50. The van der Waals surface area contributed by atoms with Gasteiger partial charge in [-0.25, -0.2) is 4.98 Å². The molecule has 2 aromatic rings. The number of methoxy groups -OCH3 is 1. The fourth-order valence-corrected chi connectivity index (χ4v) is 2.99. The molecule has 0 aliphatic heterocycles. The molecule has 0 radical (unpaired) electrons. The van der Waals surface area contributed by atoms with Crippen molar-refractivity contribution < 1.29 is 9.53 Å². The first-order valence-corrected chi connectivity index (χ1v) is 8.17. The lowest BCUT2D eigenvalue weighted by atomic mass is 10.3. The Morgan fingerprint density at radius 3 is 3.14 bits per heavy atom. The second-order valence-corrected chi connectivity index (χ2v) is 5.93.